The maximum absolute atomic E-state index is 9.37. The molecule has 84 valence electrons. The normalized spacial score (nSPS) is 33.2. The van der Waals surface area contributed by atoms with Gasteiger partial charge in [-0.05, 0) is 38.0 Å². The standard InChI is InChI=1S/C11H22O3/c1-10-4-7-14-11(8-10,9-13)5-2-3-6-12/h10,12-13H,2-9H2,1H3/t10-,11+/m1/s1. The molecule has 1 aliphatic rings. The number of rotatable bonds is 5. The molecule has 1 saturated heterocycles. The van der Waals surface area contributed by atoms with Gasteiger partial charge >= 0.3 is 0 Å². The lowest BCUT2D eigenvalue weighted by atomic mass is 9.84. The Bertz CT molecular complexity index is 161. The highest BCUT2D eigenvalue weighted by molar-refractivity contribution is 4.85. The van der Waals surface area contributed by atoms with Crippen molar-refractivity contribution in [3.05, 3.63) is 0 Å². The van der Waals surface area contributed by atoms with Gasteiger partial charge in [0.15, 0.2) is 0 Å². The Kier molecular flexibility index (Phi) is 4.85. The first-order valence-electron chi connectivity index (χ1n) is 5.58. The highest BCUT2D eigenvalue weighted by atomic mass is 16.5. The van der Waals surface area contributed by atoms with Crippen molar-refractivity contribution in [3.63, 3.8) is 0 Å². The lowest BCUT2D eigenvalue weighted by Gasteiger charge is -2.38. The number of ether oxygens (including phenoxy) is 1. The molecule has 3 heteroatoms. The minimum Gasteiger partial charge on any atom is -0.396 e. The van der Waals surface area contributed by atoms with Gasteiger partial charge in [-0.15, -0.1) is 0 Å². The summed E-state index contributed by atoms with van der Waals surface area (Å²) in [6.07, 6.45) is 4.66. The second kappa shape index (κ2) is 5.69. The van der Waals surface area contributed by atoms with E-state index in [1.165, 1.54) is 0 Å². The van der Waals surface area contributed by atoms with Crippen LogP contribution in [0.4, 0.5) is 0 Å². The monoisotopic (exact) mass is 202 g/mol. The van der Waals surface area contributed by atoms with Gasteiger partial charge in [0.25, 0.3) is 0 Å². The third kappa shape index (κ3) is 3.23. The van der Waals surface area contributed by atoms with Crippen molar-refractivity contribution < 1.29 is 14.9 Å². The van der Waals surface area contributed by atoms with E-state index in [4.69, 9.17) is 9.84 Å². The summed E-state index contributed by atoms with van der Waals surface area (Å²) in [5, 5.41) is 18.1. The Hall–Kier alpha value is -0.120. The number of hydrogen-bond donors (Lipinski definition) is 2. The van der Waals surface area contributed by atoms with Crippen LogP contribution in [0.2, 0.25) is 0 Å². The molecule has 0 aromatic heterocycles. The van der Waals surface area contributed by atoms with Gasteiger partial charge in [-0.3, -0.25) is 0 Å². The van der Waals surface area contributed by atoms with E-state index >= 15 is 0 Å². The van der Waals surface area contributed by atoms with Crippen molar-refractivity contribution in [2.45, 2.75) is 44.6 Å². The van der Waals surface area contributed by atoms with Gasteiger partial charge in [0.05, 0.1) is 12.2 Å². The number of hydrogen-bond acceptors (Lipinski definition) is 3. The molecule has 0 bridgehead atoms. The molecule has 0 spiro atoms. The van der Waals surface area contributed by atoms with Gasteiger partial charge in [0, 0.05) is 13.2 Å². The summed E-state index contributed by atoms with van der Waals surface area (Å²) in [5.41, 5.74) is -0.313. The first-order valence-corrected chi connectivity index (χ1v) is 5.58. The molecule has 1 heterocycles. The average Bonchev–Trinajstić information content (AvgIpc) is 2.18. The van der Waals surface area contributed by atoms with Gasteiger partial charge in [-0.2, -0.15) is 0 Å². The van der Waals surface area contributed by atoms with E-state index in [1.54, 1.807) is 0 Å². The van der Waals surface area contributed by atoms with Crippen molar-refractivity contribution in [3.8, 4) is 0 Å². The Morgan fingerprint density at radius 1 is 1.36 bits per heavy atom. The van der Waals surface area contributed by atoms with E-state index < -0.39 is 0 Å². The van der Waals surface area contributed by atoms with E-state index in [-0.39, 0.29) is 18.8 Å². The molecule has 0 unspecified atom stereocenters. The predicted octanol–water partition coefficient (Wildman–Crippen LogP) is 1.33. The van der Waals surface area contributed by atoms with Gasteiger partial charge < -0.3 is 14.9 Å². The highest BCUT2D eigenvalue weighted by Gasteiger charge is 2.34. The van der Waals surface area contributed by atoms with Gasteiger partial charge in [0.1, 0.15) is 0 Å². The maximum Gasteiger partial charge on any atom is 0.0914 e. The smallest absolute Gasteiger partial charge is 0.0914 e. The minimum atomic E-state index is -0.313. The van der Waals surface area contributed by atoms with Crippen LogP contribution in [0.1, 0.15) is 39.0 Å². The van der Waals surface area contributed by atoms with Crippen LogP contribution in [0, 0.1) is 5.92 Å². The van der Waals surface area contributed by atoms with Crippen LogP contribution < -0.4 is 0 Å². The van der Waals surface area contributed by atoms with Crippen LogP contribution in [-0.4, -0.2) is 35.6 Å². The van der Waals surface area contributed by atoms with Crippen molar-refractivity contribution in [1.29, 1.82) is 0 Å². The molecule has 0 aliphatic carbocycles. The second-order valence-electron chi connectivity index (χ2n) is 4.47. The molecule has 1 fully saturated rings. The Labute approximate surface area is 86.1 Å². The van der Waals surface area contributed by atoms with E-state index in [2.05, 4.69) is 6.92 Å². The molecular weight excluding hydrogens is 180 g/mol. The molecule has 1 rings (SSSR count). The zero-order valence-electron chi connectivity index (χ0n) is 9.04. The molecule has 14 heavy (non-hydrogen) atoms. The first-order chi connectivity index (χ1) is 6.72. The van der Waals surface area contributed by atoms with Gasteiger partial charge in [-0.25, -0.2) is 0 Å². The SMILES string of the molecule is C[C@@H]1CCO[C@@](CO)(CCCCO)C1. The summed E-state index contributed by atoms with van der Waals surface area (Å²) in [4.78, 5) is 0. The summed E-state index contributed by atoms with van der Waals surface area (Å²) in [7, 11) is 0. The molecule has 2 N–H and O–H groups in total. The third-order valence-electron chi connectivity index (χ3n) is 3.07. The molecule has 0 saturated carbocycles. The second-order valence-corrected chi connectivity index (χ2v) is 4.47. The Balaban J connectivity index is 2.39. The van der Waals surface area contributed by atoms with Crippen molar-refractivity contribution >= 4 is 0 Å². The molecule has 0 aromatic carbocycles. The van der Waals surface area contributed by atoms with Crippen LogP contribution in [0.25, 0.3) is 0 Å². The highest BCUT2D eigenvalue weighted by Crippen LogP contribution is 2.32. The van der Waals surface area contributed by atoms with Gasteiger partial charge in [-0.1, -0.05) is 6.92 Å². The lowest BCUT2D eigenvalue weighted by Crippen LogP contribution is -2.42. The van der Waals surface area contributed by atoms with Crippen LogP contribution in [0.5, 0.6) is 0 Å². The summed E-state index contributed by atoms with van der Waals surface area (Å²) in [6.45, 7) is 3.32. The lowest BCUT2D eigenvalue weighted by molar-refractivity contribution is -0.127. The van der Waals surface area contributed by atoms with Crippen LogP contribution >= 0.6 is 0 Å². The molecule has 0 aromatic rings. The molecule has 1 aliphatic heterocycles. The summed E-state index contributed by atoms with van der Waals surface area (Å²) < 4.78 is 5.70. The Morgan fingerprint density at radius 2 is 2.14 bits per heavy atom. The minimum absolute atomic E-state index is 0.114. The molecular formula is C11H22O3. The molecule has 0 amide bonds. The van der Waals surface area contributed by atoms with Crippen molar-refractivity contribution in [1.82, 2.24) is 0 Å². The van der Waals surface area contributed by atoms with E-state index in [0.717, 1.165) is 38.7 Å². The average molecular weight is 202 g/mol. The molecule has 2 atom stereocenters. The maximum atomic E-state index is 9.37. The number of aliphatic hydroxyl groups is 2. The quantitative estimate of drug-likeness (QED) is 0.661. The predicted molar refractivity (Wildman–Crippen MR) is 55.1 cm³/mol. The fraction of sp³-hybridized carbons (Fsp3) is 1.00. The topological polar surface area (TPSA) is 49.7 Å². The first kappa shape index (κ1) is 12.0. The summed E-state index contributed by atoms with van der Waals surface area (Å²) in [5.74, 6) is 0.644. The molecule has 0 radical (unpaired) electrons. The zero-order valence-corrected chi connectivity index (χ0v) is 9.04. The van der Waals surface area contributed by atoms with Crippen LogP contribution in [-0.2, 0) is 4.74 Å². The fourth-order valence-corrected chi connectivity index (χ4v) is 2.20. The number of aliphatic hydroxyl groups excluding tert-OH is 2. The summed E-state index contributed by atoms with van der Waals surface area (Å²) >= 11 is 0. The third-order valence-corrected chi connectivity index (χ3v) is 3.07. The van der Waals surface area contributed by atoms with Crippen LogP contribution in [0.3, 0.4) is 0 Å². The van der Waals surface area contributed by atoms with E-state index in [9.17, 15) is 5.11 Å². The van der Waals surface area contributed by atoms with E-state index in [0.29, 0.717) is 5.92 Å². The largest absolute Gasteiger partial charge is 0.396 e. The fourth-order valence-electron chi connectivity index (χ4n) is 2.20. The Morgan fingerprint density at radius 3 is 2.71 bits per heavy atom. The van der Waals surface area contributed by atoms with Crippen molar-refractivity contribution in [2.75, 3.05) is 19.8 Å². The van der Waals surface area contributed by atoms with E-state index in [1.807, 2.05) is 0 Å². The van der Waals surface area contributed by atoms with Crippen LogP contribution in [0.15, 0.2) is 0 Å². The van der Waals surface area contributed by atoms with Crippen molar-refractivity contribution in [2.24, 2.45) is 5.92 Å². The molecule has 3 nitrogen and oxygen atoms in total. The summed E-state index contributed by atoms with van der Waals surface area (Å²) in [6, 6.07) is 0. The van der Waals surface area contributed by atoms with Gasteiger partial charge in [0.2, 0.25) is 0 Å². The number of unbranched alkanes of at least 4 members (excludes halogenated alkanes) is 1. The zero-order chi connectivity index (χ0) is 10.4.